The van der Waals surface area contributed by atoms with Crippen LogP contribution in [0.25, 0.3) is 0 Å². The van der Waals surface area contributed by atoms with E-state index < -0.39 is 17.6 Å². The first kappa shape index (κ1) is 23.9. The largest absolute Gasteiger partial charge is 0.494 e. The third-order valence-corrected chi connectivity index (χ3v) is 3.67. The van der Waals surface area contributed by atoms with Gasteiger partial charge in [0.2, 0.25) is 6.41 Å². The Kier molecular flexibility index (Phi) is 8.91. The topological polar surface area (TPSA) is 88.1 Å². The normalized spacial score (nSPS) is 13.1. The van der Waals surface area contributed by atoms with Gasteiger partial charge in [-0.25, -0.2) is 9.86 Å². The second-order valence-corrected chi connectivity index (χ2v) is 8.75. The van der Waals surface area contributed by atoms with Gasteiger partial charge in [-0.3, -0.25) is 9.63 Å². The Hall–Kier alpha value is -2.12. The molecule has 0 saturated carbocycles. The molecule has 0 aliphatic heterocycles. The number of carboxylic acid groups (broad SMARTS) is 1. The number of carbonyl (C=O) groups excluding carboxylic acids is 1. The highest BCUT2D eigenvalue weighted by Crippen LogP contribution is 2.18. The van der Waals surface area contributed by atoms with Crippen LogP contribution in [0.5, 0.6) is 5.75 Å². The van der Waals surface area contributed by atoms with Gasteiger partial charge in [0.15, 0.2) is 6.04 Å². The number of amides is 1. The smallest absolute Gasteiger partial charge is 0.329 e. The molecule has 0 radical (unpaired) electrons. The van der Waals surface area contributed by atoms with Crippen LogP contribution in [0.1, 0.15) is 53.5 Å². The zero-order chi connectivity index (χ0) is 21.4. The molecular formula is C21H34N2O5. The molecule has 7 heteroatoms. The lowest BCUT2D eigenvalue weighted by atomic mass is 10.1. The molecular weight excluding hydrogens is 360 g/mol. The summed E-state index contributed by atoms with van der Waals surface area (Å²) in [6.07, 6.45) is 1.44. The molecule has 0 saturated heterocycles. The van der Waals surface area contributed by atoms with E-state index in [1.54, 1.807) is 45.0 Å². The summed E-state index contributed by atoms with van der Waals surface area (Å²) in [5.41, 5.74) is 0.196. The average Bonchev–Trinajstić information content (AvgIpc) is 2.56. The van der Waals surface area contributed by atoms with Gasteiger partial charge in [0.25, 0.3) is 0 Å². The molecule has 0 bridgehead atoms. The summed E-state index contributed by atoms with van der Waals surface area (Å²) in [5, 5.41) is 13.8. The van der Waals surface area contributed by atoms with E-state index in [1.165, 1.54) is 0 Å². The summed E-state index contributed by atoms with van der Waals surface area (Å²) in [5.74, 6) is -0.396. The number of carbonyl (C=O) groups is 2. The van der Waals surface area contributed by atoms with Crippen LogP contribution in [-0.2, 0) is 20.8 Å². The molecule has 1 rings (SSSR count). The van der Waals surface area contributed by atoms with Crippen molar-refractivity contribution in [2.45, 2.75) is 71.6 Å². The number of benzene rings is 1. The number of hydrogen-bond donors (Lipinski definition) is 2. The fourth-order valence-corrected chi connectivity index (χ4v) is 2.43. The molecule has 0 aromatic heterocycles. The third kappa shape index (κ3) is 9.71. The van der Waals surface area contributed by atoms with Crippen molar-refractivity contribution in [2.75, 3.05) is 13.2 Å². The first-order chi connectivity index (χ1) is 12.9. The molecule has 0 heterocycles. The molecule has 2 N–H and O–H groups in total. The number of nitrogens with zero attached hydrogens (tertiary/aromatic N) is 1. The monoisotopic (exact) mass is 394 g/mol. The first-order valence-electron chi connectivity index (χ1n) is 9.53. The Morgan fingerprint density at radius 2 is 1.79 bits per heavy atom. The average molecular weight is 395 g/mol. The summed E-state index contributed by atoms with van der Waals surface area (Å²) in [6, 6.07) is 6.12. The minimum absolute atomic E-state index is 0.0917. The van der Waals surface area contributed by atoms with Crippen LogP contribution in [0.4, 0.5) is 0 Å². The minimum atomic E-state index is -1.12. The highest BCUT2D eigenvalue weighted by atomic mass is 16.7. The van der Waals surface area contributed by atoms with Gasteiger partial charge in [-0.1, -0.05) is 12.1 Å². The quantitative estimate of drug-likeness (QED) is 0.341. The molecule has 0 aliphatic rings. The van der Waals surface area contributed by atoms with Gasteiger partial charge in [0.1, 0.15) is 5.75 Å². The van der Waals surface area contributed by atoms with Crippen molar-refractivity contribution < 1.29 is 24.3 Å². The van der Waals surface area contributed by atoms with Crippen molar-refractivity contribution in [1.29, 1.82) is 0 Å². The van der Waals surface area contributed by atoms with E-state index in [4.69, 9.17) is 9.57 Å². The van der Waals surface area contributed by atoms with Crippen LogP contribution in [0.3, 0.4) is 0 Å². The molecule has 28 heavy (non-hydrogen) atoms. The molecule has 1 unspecified atom stereocenters. The molecule has 0 aliphatic carbocycles. The van der Waals surface area contributed by atoms with Gasteiger partial charge in [-0.2, -0.15) is 0 Å². The summed E-state index contributed by atoms with van der Waals surface area (Å²) >= 11 is 0. The second kappa shape index (κ2) is 10.4. The summed E-state index contributed by atoms with van der Waals surface area (Å²) in [7, 11) is 0. The van der Waals surface area contributed by atoms with Crippen LogP contribution in [0, 0.1) is 0 Å². The Labute approximate surface area is 168 Å². The fraction of sp³-hybridized carbons (Fsp3) is 0.619. The molecule has 1 aromatic carbocycles. The maximum Gasteiger partial charge on any atom is 0.329 e. The Bertz CT molecular complexity index is 617. The van der Waals surface area contributed by atoms with Crippen LogP contribution in [-0.4, -0.2) is 52.9 Å². The Morgan fingerprint density at radius 3 is 2.25 bits per heavy atom. The number of ether oxygens (including phenoxy) is 1. The van der Waals surface area contributed by atoms with Crippen LogP contribution >= 0.6 is 0 Å². The van der Waals surface area contributed by atoms with E-state index in [-0.39, 0.29) is 12.0 Å². The standard InChI is InChI=1S/C21H34N2O5/c1-20(2,3)22-12-7-13-27-17-10-8-16(9-11-17)14-18(19(25)26)23(15-24)28-21(4,5)6/h8-11,15,18,22H,7,12-14H2,1-6H3,(H,25,26). The van der Waals surface area contributed by atoms with Crippen molar-refractivity contribution in [3.63, 3.8) is 0 Å². The molecule has 0 spiro atoms. The van der Waals surface area contributed by atoms with Crippen molar-refractivity contribution in [2.24, 2.45) is 0 Å². The number of hydrogen-bond acceptors (Lipinski definition) is 5. The zero-order valence-corrected chi connectivity index (χ0v) is 17.8. The molecule has 1 atom stereocenters. The van der Waals surface area contributed by atoms with E-state index in [9.17, 15) is 14.7 Å². The van der Waals surface area contributed by atoms with Gasteiger partial charge in [0, 0.05) is 12.0 Å². The van der Waals surface area contributed by atoms with Crippen LogP contribution < -0.4 is 10.1 Å². The fourth-order valence-electron chi connectivity index (χ4n) is 2.43. The third-order valence-electron chi connectivity index (χ3n) is 3.67. The number of nitrogens with one attached hydrogen (secondary N) is 1. The number of rotatable bonds is 11. The van der Waals surface area contributed by atoms with Crippen molar-refractivity contribution in [3.8, 4) is 5.75 Å². The molecule has 1 aromatic rings. The van der Waals surface area contributed by atoms with Gasteiger partial charge < -0.3 is 15.2 Å². The lowest BCUT2D eigenvalue weighted by Gasteiger charge is -2.30. The molecule has 7 nitrogen and oxygen atoms in total. The summed E-state index contributed by atoms with van der Waals surface area (Å²) in [4.78, 5) is 28.4. The van der Waals surface area contributed by atoms with Gasteiger partial charge in [-0.05, 0) is 72.2 Å². The van der Waals surface area contributed by atoms with E-state index in [1.807, 2.05) is 0 Å². The summed E-state index contributed by atoms with van der Waals surface area (Å²) in [6.45, 7) is 13.1. The predicted molar refractivity (Wildman–Crippen MR) is 108 cm³/mol. The second-order valence-electron chi connectivity index (χ2n) is 8.75. The lowest BCUT2D eigenvalue weighted by molar-refractivity contribution is -0.234. The SMILES string of the molecule is CC(C)(C)NCCCOc1ccc(CC(C(=O)O)N(C=O)OC(C)(C)C)cc1. The highest BCUT2D eigenvalue weighted by Gasteiger charge is 2.29. The first-order valence-corrected chi connectivity index (χ1v) is 9.53. The van der Waals surface area contributed by atoms with Crippen molar-refractivity contribution in [3.05, 3.63) is 29.8 Å². The molecule has 0 fully saturated rings. The maximum absolute atomic E-state index is 11.6. The lowest BCUT2D eigenvalue weighted by Crippen LogP contribution is -2.45. The summed E-state index contributed by atoms with van der Waals surface area (Å²) < 4.78 is 5.72. The van der Waals surface area contributed by atoms with E-state index in [2.05, 4.69) is 26.1 Å². The Balaban J connectivity index is 2.60. The van der Waals surface area contributed by atoms with Gasteiger partial charge in [-0.15, -0.1) is 0 Å². The van der Waals surface area contributed by atoms with Crippen LogP contribution in [0.2, 0.25) is 0 Å². The van der Waals surface area contributed by atoms with Crippen molar-refractivity contribution >= 4 is 12.4 Å². The van der Waals surface area contributed by atoms with E-state index in [0.717, 1.165) is 29.3 Å². The minimum Gasteiger partial charge on any atom is -0.494 e. The van der Waals surface area contributed by atoms with Crippen molar-refractivity contribution in [1.82, 2.24) is 10.4 Å². The molecule has 158 valence electrons. The number of carboxylic acids is 1. The van der Waals surface area contributed by atoms with E-state index >= 15 is 0 Å². The highest BCUT2D eigenvalue weighted by molar-refractivity contribution is 5.76. The van der Waals surface area contributed by atoms with Gasteiger partial charge in [0.05, 0.1) is 12.2 Å². The van der Waals surface area contributed by atoms with Gasteiger partial charge >= 0.3 is 5.97 Å². The maximum atomic E-state index is 11.6. The number of hydroxylamine groups is 2. The van der Waals surface area contributed by atoms with Crippen LogP contribution in [0.15, 0.2) is 24.3 Å². The number of aliphatic carboxylic acids is 1. The van der Waals surface area contributed by atoms with E-state index in [0.29, 0.717) is 13.0 Å². The Morgan fingerprint density at radius 1 is 1.18 bits per heavy atom. The predicted octanol–water partition coefficient (Wildman–Crippen LogP) is 3.03. The zero-order valence-electron chi connectivity index (χ0n) is 17.8. The molecule has 1 amide bonds.